The van der Waals surface area contributed by atoms with Crippen molar-refractivity contribution < 1.29 is 14.0 Å². The maximum absolute atomic E-state index is 13.5. The third-order valence-corrected chi connectivity index (χ3v) is 2.32. The van der Waals surface area contributed by atoms with Crippen LogP contribution in [-0.2, 0) is 4.79 Å². The summed E-state index contributed by atoms with van der Waals surface area (Å²) in [5.74, 6) is -0.929. The SMILES string of the molecule is Nc1ccc(N2CCC(=O)NC2=O)c(F)c1. The van der Waals surface area contributed by atoms with E-state index in [2.05, 4.69) is 5.32 Å². The average Bonchev–Trinajstić information content (AvgIpc) is 2.19. The zero-order chi connectivity index (χ0) is 11.7. The lowest BCUT2D eigenvalue weighted by Gasteiger charge is -2.26. The lowest BCUT2D eigenvalue weighted by Crippen LogP contribution is -2.49. The average molecular weight is 223 g/mol. The molecule has 1 aliphatic heterocycles. The van der Waals surface area contributed by atoms with Crippen LogP contribution in [-0.4, -0.2) is 18.5 Å². The van der Waals surface area contributed by atoms with Crippen molar-refractivity contribution in [2.75, 3.05) is 17.2 Å². The van der Waals surface area contributed by atoms with Gasteiger partial charge in [0.05, 0.1) is 5.69 Å². The van der Waals surface area contributed by atoms with E-state index >= 15 is 0 Å². The summed E-state index contributed by atoms with van der Waals surface area (Å²) < 4.78 is 13.5. The fourth-order valence-electron chi connectivity index (χ4n) is 1.54. The van der Waals surface area contributed by atoms with Gasteiger partial charge >= 0.3 is 6.03 Å². The highest BCUT2D eigenvalue weighted by Gasteiger charge is 2.25. The first-order valence-electron chi connectivity index (χ1n) is 4.74. The molecule has 0 spiro atoms. The molecule has 1 heterocycles. The Balaban J connectivity index is 2.30. The van der Waals surface area contributed by atoms with E-state index in [0.717, 1.165) is 6.07 Å². The number of anilines is 2. The number of halogens is 1. The van der Waals surface area contributed by atoms with Crippen LogP contribution >= 0.6 is 0 Å². The number of nitrogens with one attached hydrogen (secondary N) is 1. The third-order valence-electron chi connectivity index (χ3n) is 2.32. The molecule has 1 aliphatic rings. The van der Waals surface area contributed by atoms with E-state index in [1.807, 2.05) is 0 Å². The molecule has 0 unspecified atom stereocenters. The molecule has 1 saturated heterocycles. The van der Waals surface area contributed by atoms with Crippen molar-refractivity contribution >= 4 is 23.3 Å². The molecular formula is C10H10FN3O2. The number of benzene rings is 1. The summed E-state index contributed by atoms with van der Waals surface area (Å²) in [7, 11) is 0. The normalized spacial score (nSPS) is 16.2. The summed E-state index contributed by atoms with van der Waals surface area (Å²) in [6.45, 7) is 0.172. The number of carbonyl (C=O) groups excluding carboxylic acids is 2. The summed E-state index contributed by atoms with van der Waals surface area (Å²) in [6.07, 6.45) is 0.162. The van der Waals surface area contributed by atoms with Crippen molar-refractivity contribution in [3.8, 4) is 0 Å². The van der Waals surface area contributed by atoms with E-state index in [0.29, 0.717) is 0 Å². The molecular weight excluding hydrogens is 213 g/mol. The van der Waals surface area contributed by atoms with Gasteiger partial charge in [-0.1, -0.05) is 0 Å². The van der Waals surface area contributed by atoms with E-state index in [1.54, 1.807) is 0 Å². The van der Waals surface area contributed by atoms with Gasteiger partial charge in [-0.25, -0.2) is 9.18 Å². The van der Waals surface area contributed by atoms with Gasteiger partial charge in [-0.2, -0.15) is 0 Å². The summed E-state index contributed by atoms with van der Waals surface area (Å²) in [5, 5.41) is 2.12. The minimum Gasteiger partial charge on any atom is -0.399 e. The molecule has 5 nitrogen and oxygen atoms in total. The zero-order valence-corrected chi connectivity index (χ0v) is 8.37. The van der Waals surface area contributed by atoms with Crippen LogP contribution in [0.3, 0.4) is 0 Å². The Morgan fingerprint density at radius 1 is 1.38 bits per heavy atom. The number of imide groups is 1. The standard InChI is InChI=1S/C10H10FN3O2/c11-7-5-6(12)1-2-8(7)14-4-3-9(15)13-10(14)16/h1-2,5H,3-4,12H2,(H,13,15,16). The second kappa shape index (κ2) is 3.80. The number of nitrogens with zero attached hydrogens (tertiary/aromatic N) is 1. The fourth-order valence-corrected chi connectivity index (χ4v) is 1.54. The van der Waals surface area contributed by atoms with Crippen molar-refractivity contribution in [1.29, 1.82) is 0 Å². The quantitative estimate of drug-likeness (QED) is 0.693. The van der Waals surface area contributed by atoms with Crippen molar-refractivity contribution in [3.05, 3.63) is 24.0 Å². The molecule has 84 valence electrons. The Bertz CT molecular complexity index is 461. The van der Waals surface area contributed by atoms with Gasteiger partial charge < -0.3 is 5.73 Å². The molecule has 16 heavy (non-hydrogen) atoms. The van der Waals surface area contributed by atoms with Gasteiger partial charge in [0.1, 0.15) is 5.82 Å². The van der Waals surface area contributed by atoms with Crippen molar-refractivity contribution in [2.24, 2.45) is 0 Å². The maximum atomic E-state index is 13.5. The predicted octanol–water partition coefficient (Wildman–Crippen LogP) is 0.854. The molecule has 0 radical (unpaired) electrons. The van der Waals surface area contributed by atoms with Crippen molar-refractivity contribution in [3.63, 3.8) is 0 Å². The number of amides is 3. The van der Waals surface area contributed by atoms with Crippen molar-refractivity contribution in [1.82, 2.24) is 5.32 Å². The second-order valence-electron chi connectivity index (χ2n) is 3.47. The van der Waals surface area contributed by atoms with Crippen LogP contribution in [0.25, 0.3) is 0 Å². The smallest absolute Gasteiger partial charge is 0.328 e. The first-order chi connectivity index (χ1) is 7.58. The van der Waals surface area contributed by atoms with E-state index in [-0.39, 0.29) is 30.2 Å². The fraction of sp³-hybridized carbons (Fsp3) is 0.200. The highest BCUT2D eigenvalue weighted by Crippen LogP contribution is 2.23. The summed E-state index contributed by atoms with van der Waals surface area (Å²) in [5.41, 5.74) is 5.81. The Morgan fingerprint density at radius 2 is 2.12 bits per heavy atom. The molecule has 3 amide bonds. The lowest BCUT2D eigenvalue weighted by molar-refractivity contribution is -0.120. The summed E-state index contributed by atoms with van der Waals surface area (Å²) in [4.78, 5) is 23.5. The highest BCUT2D eigenvalue weighted by atomic mass is 19.1. The minimum absolute atomic E-state index is 0.124. The summed E-state index contributed by atoms with van der Waals surface area (Å²) >= 11 is 0. The lowest BCUT2D eigenvalue weighted by atomic mass is 10.2. The highest BCUT2D eigenvalue weighted by molar-refractivity contribution is 6.05. The number of carbonyl (C=O) groups is 2. The summed E-state index contributed by atoms with van der Waals surface area (Å²) in [6, 6.07) is 3.45. The van der Waals surface area contributed by atoms with Gasteiger partial charge in [-0.3, -0.25) is 15.0 Å². The van der Waals surface area contributed by atoms with Gasteiger partial charge in [-0.15, -0.1) is 0 Å². The number of hydrogen-bond donors (Lipinski definition) is 2. The van der Waals surface area contributed by atoms with Gasteiger partial charge in [0.15, 0.2) is 0 Å². The number of hydrogen-bond acceptors (Lipinski definition) is 3. The van der Waals surface area contributed by atoms with Crippen LogP contribution in [0.4, 0.5) is 20.6 Å². The largest absolute Gasteiger partial charge is 0.399 e. The van der Waals surface area contributed by atoms with E-state index in [9.17, 15) is 14.0 Å². The van der Waals surface area contributed by atoms with E-state index in [4.69, 9.17) is 5.73 Å². The molecule has 3 N–H and O–H groups in total. The van der Waals surface area contributed by atoms with E-state index < -0.39 is 11.8 Å². The van der Waals surface area contributed by atoms with Crippen LogP contribution < -0.4 is 16.0 Å². The van der Waals surface area contributed by atoms with E-state index in [1.165, 1.54) is 17.0 Å². The predicted molar refractivity (Wildman–Crippen MR) is 56.3 cm³/mol. The molecule has 0 atom stereocenters. The van der Waals surface area contributed by atoms with Gasteiger partial charge in [-0.05, 0) is 18.2 Å². The first-order valence-corrected chi connectivity index (χ1v) is 4.74. The molecule has 6 heteroatoms. The van der Waals surface area contributed by atoms with Gasteiger partial charge in [0, 0.05) is 18.7 Å². The molecule has 0 bridgehead atoms. The van der Waals surface area contributed by atoms with Crippen LogP contribution in [0.15, 0.2) is 18.2 Å². The zero-order valence-electron chi connectivity index (χ0n) is 8.37. The Hall–Kier alpha value is -2.11. The molecule has 0 aliphatic carbocycles. The topological polar surface area (TPSA) is 75.4 Å². The second-order valence-corrected chi connectivity index (χ2v) is 3.47. The number of nitrogen functional groups attached to an aromatic ring is 1. The van der Waals surface area contributed by atoms with Crippen LogP contribution in [0.2, 0.25) is 0 Å². The van der Waals surface area contributed by atoms with Crippen LogP contribution in [0, 0.1) is 5.82 Å². The third kappa shape index (κ3) is 1.81. The molecule has 1 fully saturated rings. The number of urea groups is 1. The number of rotatable bonds is 1. The molecule has 0 saturated carbocycles. The maximum Gasteiger partial charge on any atom is 0.328 e. The molecule has 1 aromatic rings. The van der Waals surface area contributed by atoms with Crippen LogP contribution in [0.1, 0.15) is 6.42 Å². The monoisotopic (exact) mass is 223 g/mol. The van der Waals surface area contributed by atoms with Crippen LogP contribution in [0.5, 0.6) is 0 Å². The Labute approximate surface area is 91.0 Å². The van der Waals surface area contributed by atoms with Gasteiger partial charge in [0.2, 0.25) is 5.91 Å². The molecule has 0 aromatic heterocycles. The van der Waals surface area contributed by atoms with Crippen molar-refractivity contribution in [2.45, 2.75) is 6.42 Å². The molecule has 1 aromatic carbocycles. The Kier molecular flexibility index (Phi) is 2.47. The Morgan fingerprint density at radius 3 is 2.75 bits per heavy atom. The minimum atomic E-state index is -0.611. The molecule has 2 rings (SSSR count). The number of nitrogens with two attached hydrogens (primary N) is 1. The first kappa shape index (κ1) is 10.4. The van der Waals surface area contributed by atoms with Gasteiger partial charge in [0.25, 0.3) is 0 Å².